The number of pyridine rings is 2. The molecule has 6 N–H and O–H groups in total. The molecule has 2 aliphatic heterocycles. The molecule has 0 atom stereocenters. The summed E-state index contributed by atoms with van der Waals surface area (Å²) in [7, 11) is -6.91. The van der Waals surface area contributed by atoms with Crippen molar-refractivity contribution >= 4 is 126 Å². The monoisotopic (exact) mass is 876 g/mol. The first-order valence-electron chi connectivity index (χ1n) is 12.7. The third kappa shape index (κ3) is 8.45. The van der Waals surface area contributed by atoms with Crippen LogP contribution in [0.1, 0.15) is 11.1 Å². The number of carbonyl (C=O) groups excluding carboxylic acids is 2. The van der Waals surface area contributed by atoms with Gasteiger partial charge in [-0.15, -0.1) is 0 Å². The Morgan fingerprint density at radius 1 is 0.674 bits per heavy atom. The SMILES string of the molecule is O=C(Nc1ccccc1Br)Nc1nc(Br)cc2c1NS(=O)(=O)C2.O=C(Nc1ccccc1Br)Nc1nc(Cl)cc2c1NS(=O)(=O)C2. The minimum absolute atomic E-state index is 0.0538. The average Bonchev–Trinajstić information content (AvgIpc) is 3.44. The van der Waals surface area contributed by atoms with Gasteiger partial charge in [0.2, 0.25) is 20.0 Å². The van der Waals surface area contributed by atoms with Gasteiger partial charge < -0.3 is 10.6 Å². The van der Waals surface area contributed by atoms with Crippen LogP contribution in [0.15, 0.2) is 74.2 Å². The van der Waals surface area contributed by atoms with Crippen molar-refractivity contribution in [3.8, 4) is 0 Å². The third-order valence-corrected chi connectivity index (χ3v) is 10.4. The minimum Gasteiger partial charge on any atom is -0.307 e. The second-order valence-electron chi connectivity index (χ2n) is 9.50. The number of nitrogens with zero attached hydrogens (tertiary/aromatic N) is 2. The predicted octanol–water partition coefficient (Wildman–Crippen LogP) is 6.90. The van der Waals surface area contributed by atoms with Crippen molar-refractivity contribution in [3.05, 3.63) is 90.5 Å². The van der Waals surface area contributed by atoms with Gasteiger partial charge in [-0.05, 0) is 95.3 Å². The van der Waals surface area contributed by atoms with E-state index in [-0.39, 0.29) is 39.7 Å². The smallest absolute Gasteiger partial charge is 0.307 e. The number of fused-ring (bicyclic) bond motifs is 2. The number of rotatable bonds is 4. The van der Waals surface area contributed by atoms with Crippen molar-refractivity contribution in [1.29, 1.82) is 0 Å². The van der Waals surface area contributed by atoms with Crippen LogP contribution in [0.5, 0.6) is 0 Å². The summed E-state index contributed by atoms with van der Waals surface area (Å²) in [6, 6.07) is 16.1. The van der Waals surface area contributed by atoms with Crippen LogP contribution in [0.3, 0.4) is 0 Å². The van der Waals surface area contributed by atoms with E-state index in [0.29, 0.717) is 31.6 Å². The van der Waals surface area contributed by atoms with Gasteiger partial charge in [-0.25, -0.2) is 36.4 Å². The highest BCUT2D eigenvalue weighted by Gasteiger charge is 2.29. The summed E-state index contributed by atoms with van der Waals surface area (Å²) in [5, 5.41) is 10.5. The standard InChI is InChI=1S/C13H10Br2N4O3S.C13H10BrClN4O3S/c2*14-8-3-1-2-4-9(8)16-13(20)18-12-11-7(5-10(15)17-12)6-23(21,22)19-11/h2*1-5,19H,6H2,(H2,16,17,18,20). The van der Waals surface area contributed by atoms with Gasteiger partial charge in [0.1, 0.15) is 9.76 Å². The van der Waals surface area contributed by atoms with Gasteiger partial charge in [-0.2, -0.15) is 0 Å². The number of hydrogen-bond acceptors (Lipinski definition) is 8. The van der Waals surface area contributed by atoms with Gasteiger partial charge in [-0.3, -0.25) is 20.1 Å². The molecule has 2 aromatic carbocycles. The van der Waals surface area contributed by atoms with E-state index in [1.807, 2.05) is 12.1 Å². The zero-order valence-electron chi connectivity index (χ0n) is 22.9. The molecule has 20 heteroatoms. The lowest BCUT2D eigenvalue weighted by Crippen LogP contribution is -2.21. The lowest BCUT2D eigenvalue weighted by molar-refractivity contribution is 0.261. The quantitative estimate of drug-likeness (QED) is 0.119. The Labute approximate surface area is 293 Å². The highest BCUT2D eigenvalue weighted by atomic mass is 79.9. The first-order valence-corrected chi connectivity index (χ1v) is 18.8. The Balaban J connectivity index is 0.000000181. The number of sulfonamides is 2. The van der Waals surface area contributed by atoms with Crippen LogP contribution in [-0.4, -0.2) is 38.9 Å². The van der Waals surface area contributed by atoms with Crippen molar-refractivity contribution in [3.63, 3.8) is 0 Å². The fourth-order valence-electron chi connectivity index (χ4n) is 4.20. The van der Waals surface area contributed by atoms with E-state index in [0.717, 1.165) is 4.47 Å². The first-order chi connectivity index (χ1) is 21.7. The normalized spacial score (nSPS) is 14.7. The van der Waals surface area contributed by atoms with Gasteiger partial charge >= 0.3 is 12.1 Å². The van der Waals surface area contributed by atoms with Crippen molar-refractivity contribution in [2.75, 3.05) is 30.7 Å². The molecule has 2 aromatic heterocycles. The maximum atomic E-state index is 12.1. The van der Waals surface area contributed by atoms with Crippen LogP contribution in [0, 0.1) is 0 Å². The summed E-state index contributed by atoms with van der Waals surface area (Å²) in [5.74, 6) is -0.159. The molecule has 4 amide bonds. The number of hydrogen-bond donors (Lipinski definition) is 6. The molecule has 46 heavy (non-hydrogen) atoms. The molecule has 0 bridgehead atoms. The molecule has 0 fully saturated rings. The number of halogens is 4. The molecule has 4 heterocycles. The maximum Gasteiger partial charge on any atom is 0.324 e. The first kappa shape index (κ1) is 33.9. The molecule has 0 radical (unpaired) electrons. The molecule has 6 rings (SSSR count). The number of nitrogens with one attached hydrogen (secondary N) is 6. The zero-order valence-corrected chi connectivity index (χ0v) is 30.0. The molecule has 0 unspecified atom stereocenters. The Morgan fingerprint density at radius 2 is 1.11 bits per heavy atom. The van der Waals surface area contributed by atoms with E-state index in [2.05, 4.69) is 88.5 Å². The van der Waals surface area contributed by atoms with Crippen molar-refractivity contribution < 1.29 is 26.4 Å². The largest absolute Gasteiger partial charge is 0.324 e. The number of amides is 4. The highest BCUT2D eigenvalue weighted by Crippen LogP contribution is 2.36. The highest BCUT2D eigenvalue weighted by molar-refractivity contribution is 9.11. The summed E-state index contributed by atoms with van der Waals surface area (Å²) in [4.78, 5) is 32.3. The lowest BCUT2D eigenvalue weighted by atomic mass is 10.2. The number of para-hydroxylation sites is 2. The average molecular weight is 880 g/mol. The minimum atomic E-state index is -3.47. The van der Waals surface area contributed by atoms with Gasteiger partial charge in [0, 0.05) is 8.95 Å². The van der Waals surface area contributed by atoms with E-state index in [1.165, 1.54) is 6.07 Å². The molecule has 0 saturated heterocycles. The second kappa shape index (κ2) is 13.7. The third-order valence-electron chi connectivity index (χ3n) is 6.05. The fraction of sp³-hybridized carbons (Fsp3) is 0.0769. The molecule has 0 aliphatic carbocycles. The Bertz CT molecular complexity index is 1960. The lowest BCUT2D eigenvalue weighted by Gasteiger charge is -2.11. The summed E-state index contributed by atoms with van der Waals surface area (Å²) in [6.07, 6.45) is 0. The van der Waals surface area contributed by atoms with E-state index in [1.54, 1.807) is 42.5 Å². The number of urea groups is 2. The summed E-state index contributed by atoms with van der Waals surface area (Å²) in [6.45, 7) is 0. The van der Waals surface area contributed by atoms with Gasteiger partial charge in [0.05, 0.1) is 34.3 Å². The van der Waals surface area contributed by atoms with Crippen LogP contribution >= 0.6 is 59.4 Å². The van der Waals surface area contributed by atoms with Crippen LogP contribution in [0.25, 0.3) is 0 Å². The number of benzene rings is 2. The molecule has 0 spiro atoms. The predicted molar refractivity (Wildman–Crippen MR) is 187 cm³/mol. The summed E-state index contributed by atoms with van der Waals surface area (Å²) < 4.78 is 53.3. The number of anilines is 6. The van der Waals surface area contributed by atoms with Crippen LogP contribution in [0.4, 0.5) is 44.0 Å². The van der Waals surface area contributed by atoms with E-state index >= 15 is 0 Å². The Morgan fingerprint density at radius 3 is 1.59 bits per heavy atom. The summed E-state index contributed by atoms with van der Waals surface area (Å²) >= 11 is 15.7. The van der Waals surface area contributed by atoms with Gasteiger partial charge in [-0.1, -0.05) is 35.9 Å². The Hall–Kier alpha value is -3.49. The zero-order chi connectivity index (χ0) is 33.2. The topological polar surface area (TPSA) is 200 Å². The van der Waals surface area contributed by atoms with Crippen molar-refractivity contribution in [1.82, 2.24) is 9.97 Å². The van der Waals surface area contributed by atoms with Crippen LogP contribution in [-0.2, 0) is 31.6 Å². The van der Waals surface area contributed by atoms with E-state index in [4.69, 9.17) is 11.6 Å². The number of aromatic nitrogens is 2. The second-order valence-corrected chi connectivity index (χ2v) is 15.8. The molecule has 4 aromatic rings. The fourth-order valence-corrected chi connectivity index (χ4v) is 8.14. The van der Waals surface area contributed by atoms with Gasteiger partial charge in [0.25, 0.3) is 0 Å². The van der Waals surface area contributed by atoms with Crippen LogP contribution in [0.2, 0.25) is 5.15 Å². The van der Waals surface area contributed by atoms with Gasteiger partial charge in [0.15, 0.2) is 11.6 Å². The molecule has 0 saturated carbocycles. The van der Waals surface area contributed by atoms with E-state index < -0.39 is 32.1 Å². The molecule has 2 aliphatic rings. The Kier molecular flexibility index (Phi) is 10.1. The van der Waals surface area contributed by atoms with Crippen LogP contribution < -0.4 is 30.7 Å². The summed E-state index contributed by atoms with van der Waals surface area (Å²) in [5.41, 5.74) is 2.66. The molecular weight excluding hydrogens is 860 g/mol. The maximum absolute atomic E-state index is 12.1. The van der Waals surface area contributed by atoms with Crippen molar-refractivity contribution in [2.45, 2.75) is 11.5 Å². The van der Waals surface area contributed by atoms with Crippen molar-refractivity contribution in [2.24, 2.45) is 0 Å². The number of carbonyl (C=O) groups is 2. The molecule has 240 valence electrons. The van der Waals surface area contributed by atoms with E-state index in [9.17, 15) is 26.4 Å². The molecule has 14 nitrogen and oxygen atoms in total. The molecular formula is C26H20Br3ClN8O6S2.